The van der Waals surface area contributed by atoms with E-state index in [2.05, 4.69) is 41.0 Å². The largest absolute Gasteiger partial charge is 0.463 e. The van der Waals surface area contributed by atoms with Crippen LogP contribution < -0.4 is 0 Å². The standard InChI is InChI=1S/C19H15NO2/c1-2-6-15(7-3-1)14-20-16(18-8-4-12-21-18)10-11-17(20)19-9-5-13-22-19/h1-13H,14H2. The van der Waals surface area contributed by atoms with Gasteiger partial charge in [-0.05, 0) is 42.0 Å². The second kappa shape index (κ2) is 5.45. The van der Waals surface area contributed by atoms with Gasteiger partial charge >= 0.3 is 0 Å². The van der Waals surface area contributed by atoms with Gasteiger partial charge in [-0.15, -0.1) is 0 Å². The van der Waals surface area contributed by atoms with Crippen molar-refractivity contribution in [1.82, 2.24) is 4.57 Å². The Morgan fingerprint density at radius 2 is 1.23 bits per heavy atom. The summed E-state index contributed by atoms with van der Waals surface area (Å²) in [6.45, 7) is 0.764. The Morgan fingerprint density at radius 1 is 0.636 bits per heavy atom. The second-order valence-electron chi connectivity index (χ2n) is 5.13. The van der Waals surface area contributed by atoms with E-state index in [0.717, 1.165) is 29.5 Å². The fourth-order valence-electron chi connectivity index (χ4n) is 2.68. The van der Waals surface area contributed by atoms with Gasteiger partial charge in [0.1, 0.15) is 11.5 Å². The highest BCUT2D eigenvalue weighted by molar-refractivity contribution is 5.64. The van der Waals surface area contributed by atoms with Crippen LogP contribution >= 0.6 is 0 Å². The van der Waals surface area contributed by atoms with Gasteiger partial charge in [-0.25, -0.2) is 0 Å². The van der Waals surface area contributed by atoms with Crippen LogP contribution in [-0.4, -0.2) is 4.57 Å². The number of hydrogen-bond donors (Lipinski definition) is 0. The summed E-state index contributed by atoms with van der Waals surface area (Å²) >= 11 is 0. The van der Waals surface area contributed by atoms with Gasteiger partial charge < -0.3 is 13.4 Å². The lowest BCUT2D eigenvalue weighted by Crippen LogP contribution is -2.03. The van der Waals surface area contributed by atoms with E-state index in [4.69, 9.17) is 8.83 Å². The minimum atomic E-state index is 0.764. The lowest BCUT2D eigenvalue weighted by molar-refractivity contribution is 0.567. The molecule has 3 heteroatoms. The number of hydrogen-bond acceptors (Lipinski definition) is 2. The van der Waals surface area contributed by atoms with Gasteiger partial charge in [0, 0.05) is 6.54 Å². The molecule has 1 aromatic carbocycles. The number of rotatable bonds is 4. The van der Waals surface area contributed by atoms with Crippen molar-refractivity contribution < 1.29 is 8.83 Å². The maximum atomic E-state index is 5.58. The molecule has 0 saturated heterocycles. The first kappa shape index (κ1) is 12.8. The molecular weight excluding hydrogens is 274 g/mol. The van der Waals surface area contributed by atoms with Crippen molar-refractivity contribution >= 4 is 0 Å². The first-order chi connectivity index (χ1) is 10.9. The van der Waals surface area contributed by atoms with Crippen molar-refractivity contribution in [2.45, 2.75) is 6.54 Å². The van der Waals surface area contributed by atoms with Crippen LogP contribution in [0.4, 0.5) is 0 Å². The molecule has 0 saturated carbocycles. The van der Waals surface area contributed by atoms with Crippen LogP contribution in [0.3, 0.4) is 0 Å². The summed E-state index contributed by atoms with van der Waals surface area (Å²) < 4.78 is 13.4. The third kappa shape index (κ3) is 2.27. The predicted molar refractivity (Wildman–Crippen MR) is 85.4 cm³/mol. The van der Waals surface area contributed by atoms with Crippen molar-refractivity contribution in [1.29, 1.82) is 0 Å². The molecular formula is C19H15NO2. The molecule has 0 unspecified atom stereocenters. The van der Waals surface area contributed by atoms with Crippen LogP contribution in [0.1, 0.15) is 5.56 Å². The van der Waals surface area contributed by atoms with E-state index in [1.165, 1.54) is 5.56 Å². The predicted octanol–water partition coefficient (Wildman–Crippen LogP) is 5.06. The van der Waals surface area contributed by atoms with E-state index in [0.29, 0.717) is 0 Å². The average molecular weight is 289 g/mol. The Morgan fingerprint density at radius 3 is 1.73 bits per heavy atom. The van der Waals surface area contributed by atoms with E-state index in [1.54, 1.807) is 12.5 Å². The van der Waals surface area contributed by atoms with Crippen LogP contribution in [0.5, 0.6) is 0 Å². The smallest absolute Gasteiger partial charge is 0.150 e. The summed E-state index contributed by atoms with van der Waals surface area (Å²) in [6.07, 6.45) is 3.39. The molecule has 0 spiro atoms. The van der Waals surface area contributed by atoms with Crippen molar-refractivity contribution in [3.63, 3.8) is 0 Å². The average Bonchev–Trinajstić information content (AvgIpc) is 3.29. The molecule has 0 fully saturated rings. The molecule has 108 valence electrons. The Balaban J connectivity index is 1.83. The van der Waals surface area contributed by atoms with E-state index < -0.39 is 0 Å². The van der Waals surface area contributed by atoms with Gasteiger partial charge in [-0.3, -0.25) is 0 Å². The molecule has 4 aromatic rings. The fraction of sp³-hybridized carbons (Fsp3) is 0.0526. The van der Waals surface area contributed by atoms with Crippen molar-refractivity contribution in [2.24, 2.45) is 0 Å². The fourth-order valence-corrected chi connectivity index (χ4v) is 2.68. The van der Waals surface area contributed by atoms with Crippen LogP contribution in [0.25, 0.3) is 22.9 Å². The number of benzene rings is 1. The molecule has 0 atom stereocenters. The van der Waals surface area contributed by atoms with Gasteiger partial charge in [0.05, 0.1) is 23.9 Å². The van der Waals surface area contributed by atoms with E-state index in [1.807, 2.05) is 30.3 Å². The molecule has 3 aromatic heterocycles. The molecule has 0 aliphatic heterocycles. The summed E-state index contributed by atoms with van der Waals surface area (Å²) in [7, 11) is 0. The maximum Gasteiger partial charge on any atom is 0.150 e. The first-order valence-corrected chi connectivity index (χ1v) is 7.23. The van der Waals surface area contributed by atoms with Crippen molar-refractivity contribution in [3.8, 4) is 22.9 Å². The van der Waals surface area contributed by atoms with Crippen LogP contribution in [0.2, 0.25) is 0 Å². The van der Waals surface area contributed by atoms with E-state index in [9.17, 15) is 0 Å². The highest BCUT2D eigenvalue weighted by Gasteiger charge is 2.15. The van der Waals surface area contributed by atoms with Gasteiger partial charge in [0.25, 0.3) is 0 Å². The molecule has 0 radical (unpaired) electrons. The Hall–Kier alpha value is -2.94. The number of nitrogens with zero attached hydrogens (tertiary/aromatic N) is 1. The third-order valence-electron chi connectivity index (χ3n) is 3.71. The summed E-state index contributed by atoms with van der Waals surface area (Å²) in [4.78, 5) is 0. The zero-order valence-corrected chi connectivity index (χ0v) is 12.0. The summed E-state index contributed by atoms with van der Waals surface area (Å²) in [5.74, 6) is 1.71. The normalized spacial score (nSPS) is 10.9. The molecule has 0 aliphatic rings. The minimum absolute atomic E-state index is 0.764. The highest BCUT2D eigenvalue weighted by atomic mass is 16.3. The van der Waals surface area contributed by atoms with Gasteiger partial charge in [-0.1, -0.05) is 30.3 Å². The lowest BCUT2D eigenvalue weighted by atomic mass is 10.2. The first-order valence-electron chi connectivity index (χ1n) is 7.23. The maximum absolute atomic E-state index is 5.58. The lowest BCUT2D eigenvalue weighted by Gasteiger charge is -2.11. The van der Waals surface area contributed by atoms with Crippen LogP contribution in [0, 0.1) is 0 Å². The third-order valence-corrected chi connectivity index (χ3v) is 3.71. The second-order valence-corrected chi connectivity index (χ2v) is 5.13. The molecule has 4 rings (SSSR count). The van der Waals surface area contributed by atoms with Crippen molar-refractivity contribution in [2.75, 3.05) is 0 Å². The molecule has 0 amide bonds. The van der Waals surface area contributed by atoms with Crippen LogP contribution in [-0.2, 0) is 6.54 Å². The van der Waals surface area contributed by atoms with E-state index >= 15 is 0 Å². The monoisotopic (exact) mass is 289 g/mol. The van der Waals surface area contributed by atoms with Crippen LogP contribution in [0.15, 0.2) is 88.1 Å². The Bertz CT molecular complexity index is 789. The molecule has 0 bridgehead atoms. The Labute approximate surface area is 128 Å². The SMILES string of the molecule is c1ccc(Cn2c(-c3ccco3)ccc2-c2ccco2)cc1. The molecule has 22 heavy (non-hydrogen) atoms. The quantitative estimate of drug-likeness (QED) is 0.526. The summed E-state index contributed by atoms with van der Waals surface area (Å²) in [6, 6.07) is 22.3. The minimum Gasteiger partial charge on any atom is -0.463 e. The molecule has 3 nitrogen and oxygen atoms in total. The van der Waals surface area contributed by atoms with Crippen molar-refractivity contribution in [3.05, 3.63) is 84.8 Å². The highest BCUT2D eigenvalue weighted by Crippen LogP contribution is 2.30. The zero-order valence-electron chi connectivity index (χ0n) is 12.0. The summed E-state index contributed by atoms with van der Waals surface area (Å²) in [5.41, 5.74) is 3.32. The molecule has 0 N–H and O–H groups in total. The van der Waals surface area contributed by atoms with Gasteiger partial charge in [-0.2, -0.15) is 0 Å². The Kier molecular flexibility index (Phi) is 3.16. The number of aromatic nitrogens is 1. The topological polar surface area (TPSA) is 31.2 Å². The van der Waals surface area contributed by atoms with Gasteiger partial charge in [0.15, 0.2) is 0 Å². The molecule has 3 heterocycles. The van der Waals surface area contributed by atoms with Gasteiger partial charge in [0.2, 0.25) is 0 Å². The number of furan rings is 2. The molecule has 0 aliphatic carbocycles. The van der Waals surface area contributed by atoms with E-state index in [-0.39, 0.29) is 0 Å². The zero-order chi connectivity index (χ0) is 14.8. The summed E-state index contributed by atoms with van der Waals surface area (Å²) in [5, 5.41) is 0.